The van der Waals surface area contributed by atoms with Crippen LogP contribution in [0.5, 0.6) is 0 Å². The molecule has 1 heterocycles. The molecule has 1 fully saturated rings. The first-order valence-electron chi connectivity index (χ1n) is 6.48. The monoisotopic (exact) mass is 282 g/mol. The SMILES string of the molecule is O=C(CCl)NC[C@H]1CN(Cc2ccccc2)CCO1. The van der Waals surface area contributed by atoms with Crippen molar-refractivity contribution in [2.75, 3.05) is 32.1 Å². The number of carbonyl (C=O) groups is 1. The Kier molecular flexibility index (Phi) is 5.63. The number of morpholine rings is 1. The van der Waals surface area contributed by atoms with Crippen LogP contribution in [0.2, 0.25) is 0 Å². The Morgan fingerprint density at radius 1 is 1.42 bits per heavy atom. The summed E-state index contributed by atoms with van der Waals surface area (Å²) in [5, 5.41) is 2.76. The van der Waals surface area contributed by atoms with Crippen molar-refractivity contribution in [1.29, 1.82) is 0 Å². The number of halogens is 1. The zero-order valence-corrected chi connectivity index (χ0v) is 11.6. The minimum Gasteiger partial charge on any atom is -0.374 e. The molecule has 0 unspecified atom stereocenters. The molecule has 1 atom stereocenters. The highest BCUT2D eigenvalue weighted by Crippen LogP contribution is 2.10. The second-order valence-corrected chi connectivity index (χ2v) is 4.92. The summed E-state index contributed by atoms with van der Waals surface area (Å²) in [6.07, 6.45) is 0.0460. The van der Waals surface area contributed by atoms with Crippen LogP contribution in [0.3, 0.4) is 0 Å². The lowest BCUT2D eigenvalue weighted by Gasteiger charge is -2.33. The first kappa shape index (κ1) is 14.3. The largest absolute Gasteiger partial charge is 0.374 e. The molecule has 19 heavy (non-hydrogen) atoms. The fraction of sp³-hybridized carbons (Fsp3) is 0.500. The van der Waals surface area contributed by atoms with Gasteiger partial charge in [-0.25, -0.2) is 0 Å². The summed E-state index contributed by atoms with van der Waals surface area (Å²) in [5.74, 6) is -0.147. The van der Waals surface area contributed by atoms with Gasteiger partial charge in [-0.3, -0.25) is 9.69 Å². The van der Waals surface area contributed by atoms with E-state index in [1.165, 1.54) is 5.56 Å². The maximum absolute atomic E-state index is 11.1. The van der Waals surface area contributed by atoms with Gasteiger partial charge in [0.25, 0.3) is 0 Å². The third kappa shape index (κ3) is 4.82. The first-order chi connectivity index (χ1) is 9.28. The van der Waals surface area contributed by atoms with Gasteiger partial charge in [-0.05, 0) is 5.56 Å². The molecule has 0 radical (unpaired) electrons. The third-order valence-corrected chi connectivity index (χ3v) is 3.36. The third-order valence-electron chi connectivity index (χ3n) is 3.12. The van der Waals surface area contributed by atoms with Crippen molar-refractivity contribution in [1.82, 2.24) is 10.2 Å². The lowest BCUT2D eigenvalue weighted by Crippen LogP contribution is -2.47. The summed E-state index contributed by atoms with van der Waals surface area (Å²) < 4.78 is 5.64. The quantitative estimate of drug-likeness (QED) is 0.827. The fourth-order valence-corrected chi connectivity index (χ4v) is 2.26. The van der Waals surface area contributed by atoms with Crippen molar-refractivity contribution >= 4 is 17.5 Å². The van der Waals surface area contributed by atoms with E-state index in [2.05, 4.69) is 22.3 Å². The molecule has 1 aromatic carbocycles. The minimum absolute atomic E-state index is 0.000446. The Morgan fingerprint density at radius 2 is 2.21 bits per heavy atom. The standard InChI is InChI=1S/C14H19ClN2O2/c15-8-14(18)16-9-13-11-17(6-7-19-13)10-12-4-2-1-3-5-12/h1-5,13H,6-11H2,(H,16,18)/t13-/m0/s1. The number of hydrogen-bond donors (Lipinski definition) is 1. The van der Waals surface area contributed by atoms with E-state index in [-0.39, 0.29) is 17.9 Å². The normalized spacial score (nSPS) is 20.2. The predicted molar refractivity (Wildman–Crippen MR) is 75.2 cm³/mol. The topological polar surface area (TPSA) is 41.6 Å². The Hall–Kier alpha value is -1.10. The van der Waals surface area contributed by atoms with Crippen LogP contribution in [0.1, 0.15) is 5.56 Å². The number of ether oxygens (including phenoxy) is 1. The molecule has 1 saturated heterocycles. The summed E-state index contributed by atoms with van der Waals surface area (Å²) in [4.78, 5) is 13.5. The lowest BCUT2D eigenvalue weighted by molar-refractivity contribution is -0.119. The maximum Gasteiger partial charge on any atom is 0.235 e. The zero-order valence-electron chi connectivity index (χ0n) is 10.8. The summed E-state index contributed by atoms with van der Waals surface area (Å²) in [6, 6.07) is 10.4. The van der Waals surface area contributed by atoms with E-state index in [9.17, 15) is 4.79 Å². The number of benzene rings is 1. The molecule has 0 aliphatic carbocycles. The van der Waals surface area contributed by atoms with Crippen molar-refractivity contribution in [3.8, 4) is 0 Å². The number of rotatable bonds is 5. The number of hydrogen-bond acceptors (Lipinski definition) is 3. The summed E-state index contributed by atoms with van der Waals surface area (Å²) in [5.41, 5.74) is 1.30. The van der Waals surface area contributed by atoms with Crippen LogP contribution in [0.15, 0.2) is 30.3 Å². The second kappa shape index (κ2) is 7.48. The van der Waals surface area contributed by atoms with Crippen LogP contribution >= 0.6 is 11.6 Å². The maximum atomic E-state index is 11.1. The molecule has 1 N–H and O–H groups in total. The predicted octanol–water partition coefficient (Wildman–Crippen LogP) is 1.24. The van der Waals surface area contributed by atoms with Crippen molar-refractivity contribution in [2.45, 2.75) is 12.6 Å². The Balaban J connectivity index is 1.79. The molecule has 1 aliphatic heterocycles. The van der Waals surface area contributed by atoms with E-state index >= 15 is 0 Å². The molecule has 104 valence electrons. The number of alkyl halides is 1. The average molecular weight is 283 g/mol. The van der Waals surface area contributed by atoms with E-state index in [0.717, 1.165) is 19.6 Å². The molecule has 1 aliphatic rings. The molecule has 1 aromatic rings. The molecule has 0 spiro atoms. The van der Waals surface area contributed by atoms with Gasteiger partial charge in [0.15, 0.2) is 0 Å². The molecular weight excluding hydrogens is 264 g/mol. The van der Waals surface area contributed by atoms with E-state index in [0.29, 0.717) is 13.2 Å². The number of nitrogens with one attached hydrogen (secondary N) is 1. The van der Waals surface area contributed by atoms with Gasteiger partial charge in [0.2, 0.25) is 5.91 Å². The number of amides is 1. The Labute approximate surface area is 118 Å². The second-order valence-electron chi connectivity index (χ2n) is 4.65. The summed E-state index contributed by atoms with van der Waals surface area (Å²) in [6.45, 7) is 3.90. The fourth-order valence-electron chi connectivity index (χ4n) is 2.16. The van der Waals surface area contributed by atoms with Crippen LogP contribution in [-0.4, -0.2) is 49.0 Å². The van der Waals surface area contributed by atoms with Gasteiger partial charge >= 0.3 is 0 Å². The van der Waals surface area contributed by atoms with E-state index in [1.54, 1.807) is 0 Å². The molecule has 2 rings (SSSR count). The van der Waals surface area contributed by atoms with Gasteiger partial charge in [-0.15, -0.1) is 11.6 Å². The summed E-state index contributed by atoms with van der Waals surface area (Å²) >= 11 is 5.44. The van der Waals surface area contributed by atoms with E-state index in [1.807, 2.05) is 18.2 Å². The summed E-state index contributed by atoms with van der Waals surface area (Å²) in [7, 11) is 0. The molecular formula is C14H19ClN2O2. The van der Waals surface area contributed by atoms with Crippen molar-refractivity contribution in [3.05, 3.63) is 35.9 Å². The molecule has 0 saturated carbocycles. The van der Waals surface area contributed by atoms with Gasteiger partial charge in [-0.2, -0.15) is 0 Å². The van der Waals surface area contributed by atoms with Crippen LogP contribution in [0, 0.1) is 0 Å². The van der Waals surface area contributed by atoms with Gasteiger partial charge in [0, 0.05) is 26.2 Å². The van der Waals surface area contributed by atoms with Crippen molar-refractivity contribution in [3.63, 3.8) is 0 Å². The Bertz CT molecular complexity index is 400. The van der Waals surface area contributed by atoms with E-state index < -0.39 is 0 Å². The highest BCUT2D eigenvalue weighted by molar-refractivity contribution is 6.27. The van der Waals surface area contributed by atoms with Crippen molar-refractivity contribution in [2.24, 2.45) is 0 Å². The zero-order chi connectivity index (χ0) is 13.5. The molecule has 1 amide bonds. The Morgan fingerprint density at radius 3 is 2.95 bits per heavy atom. The molecule has 4 nitrogen and oxygen atoms in total. The van der Waals surface area contributed by atoms with Crippen molar-refractivity contribution < 1.29 is 9.53 Å². The first-order valence-corrected chi connectivity index (χ1v) is 7.02. The molecule has 0 aromatic heterocycles. The van der Waals surface area contributed by atoms with Crippen LogP contribution in [-0.2, 0) is 16.1 Å². The smallest absolute Gasteiger partial charge is 0.235 e. The lowest BCUT2D eigenvalue weighted by atomic mass is 10.2. The van der Waals surface area contributed by atoms with Gasteiger partial charge < -0.3 is 10.1 Å². The highest BCUT2D eigenvalue weighted by atomic mass is 35.5. The average Bonchev–Trinajstić information content (AvgIpc) is 2.46. The van der Waals surface area contributed by atoms with Gasteiger partial charge in [0.1, 0.15) is 5.88 Å². The van der Waals surface area contributed by atoms with Crippen LogP contribution < -0.4 is 5.32 Å². The molecule has 0 bridgehead atoms. The van der Waals surface area contributed by atoms with Gasteiger partial charge in [-0.1, -0.05) is 30.3 Å². The van der Waals surface area contributed by atoms with E-state index in [4.69, 9.17) is 16.3 Å². The van der Waals surface area contributed by atoms with Crippen LogP contribution in [0.25, 0.3) is 0 Å². The minimum atomic E-state index is -0.148. The van der Waals surface area contributed by atoms with Gasteiger partial charge in [0.05, 0.1) is 12.7 Å². The number of carbonyl (C=O) groups excluding carboxylic acids is 1. The van der Waals surface area contributed by atoms with Crippen LogP contribution in [0.4, 0.5) is 0 Å². The number of nitrogens with zero attached hydrogens (tertiary/aromatic N) is 1. The molecule has 5 heteroatoms. The highest BCUT2D eigenvalue weighted by Gasteiger charge is 2.20.